The molecule has 1 unspecified atom stereocenters. The molecular formula is C23H28ClN3O4. The molecule has 0 fully saturated rings. The molecule has 2 aromatic rings. The lowest BCUT2D eigenvalue weighted by Crippen LogP contribution is -2.37. The van der Waals surface area contributed by atoms with Gasteiger partial charge in [-0.1, -0.05) is 17.7 Å². The van der Waals surface area contributed by atoms with E-state index in [1.165, 1.54) is 0 Å². The van der Waals surface area contributed by atoms with Crippen molar-refractivity contribution in [3.8, 4) is 5.75 Å². The van der Waals surface area contributed by atoms with E-state index >= 15 is 0 Å². The minimum absolute atomic E-state index is 0.147. The van der Waals surface area contributed by atoms with E-state index < -0.39 is 0 Å². The van der Waals surface area contributed by atoms with Crippen LogP contribution in [0.5, 0.6) is 5.75 Å². The first kappa shape index (κ1) is 23.2. The normalized spacial score (nSPS) is 15.8. The van der Waals surface area contributed by atoms with E-state index in [0.717, 1.165) is 34.1 Å². The lowest BCUT2D eigenvalue weighted by atomic mass is 9.99. The average molecular weight is 446 g/mol. The van der Waals surface area contributed by atoms with Crippen molar-refractivity contribution in [2.75, 3.05) is 47.8 Å². The summed E-state index contributed by atoms with van der Waals surface area (Å²) < 4.78 is 20.0. The van der Waals surface area contributed by atoms with Crippen molar-refractivity contribution >= 4 is 35.1 Å². The standard InChI is InChI=1S/C19H18ClN3O2.C4H10O2/c1-12-15-5-3-13(20)9-18(15)22-19-16-6-4-14(25-8-7-24-2)10-17(16)21-11-23(12)19;1-5-3-4-6-2/h3-6,9-12H,7-8H2,1-2H3;3-4H2,1-2H3. The summed E-state index contributed by atoms with van der Waals surface area (Å²) in [5, 5.41) is 0.690. The highest BCUT2D eigenvalue weighted by molar-refractivity contribution is 6.31. The molecule has 2 aromatic carbocycles. The summed E-state index contributed by atoms with van der Waals surface area (Å²) in [5.41, 5.74) is 3.89. The lowest BCUT2D eigenvalue weighted by molar-refractivity contribution is 0.103. The van der Waals surface area contributed by atoms with E-state index in [4.69, 9.17) is 26.1 Å². The number of halogens is 1. The van der Waals surface area contributed by atoms with Crippen molar-refractivity contribution < 1.29 is 18.9 Å². The van der Waals surface area contributed by atoms with E-state index in [2.05, 4.69) is 26.3 Å². The monoisotopic (exact) mass is 445 g/mol. The zero-order valence-corrected chi connectivity index (χ0v) is 19.1. The minimum atomic E-state index is 0.147. The SMILES string of the molecule is COCCOC.COCCOc1ccc2c(c1)N=CN1C2=Nc2cc(Cl)ccc2C1C. The van der Waals surface area contributed by atoms with E-state index in [-0.39, 0.29) is 6.04 Å². The zero-order valence-electron chi connectivity index (χ0n) is 18.3. The zero-order chi connectivity index (χ0) is 22.2. The first-order chi connectivity index (χ1) is 15.1. The number of hydrogen-bond donors (Lipinski definition) is 0. The molecule has 0 spiro atoms. The van der Waals surface area contributed by atoms with Gasteiger partial charge in [0.1, 0.15) is 18.2 Å². The molecule has 2 aliphatic heterocycles. The van der Waals surface area contributed by atoms with Gasteiger partial charge in [0.05, 0.1) is 43.6 Å². The molecule has 0 radical (unpaired) electrons. The third kappa shape index (κ3) is 5.62. The van der Waals surface area contributed by atoms with Gasteiger partial charge in [-0.25, -0.2) is 9.98 Å². The lowest BCUT2D eigenvalue weighted by Gasteiger charge is -2.35. The molecule has 2 heterocycles. The minimum Gasteiger partial charge on any atom is -0.491 e. The fraction of sp³-hybridized carbons (Fsp3) is 0.391. The molecule has 0 aliphatic carbocycles. The molecule has 166 valence electrons. The Labute approximate surface area is 188 Å². The van der Waals surface area contributed by atoms with Gasteiger partial charge in [-0.3, -0.25) is 0 Å². The van der Waals surface area contributed by atoms with Crippen molar-refractivity contribution in [2.45, 2.75) is 13.0 Å². The smallest absolute Gasteiger partial charge is 0.144 e. The Morgan fingerprint density at radius 1 is 0.903 bits per heavy atom. The number of nitrogens with zero attached hydrogens (tertiary/aromatic N) is 3. The van der Waals surface area contributed by atoms with Crippen molar-refractivity contribution in [1.82, 2.24) is 4.90 Å². The summed E-state index contributed by atoms with van der Waals surface area (Å²) in [4.78, 5) is 11.5. The van der Waals surface area contributed by atoms with Crippen LogP contribution in [0.2, 0.25) is 5.02 Å². The summed E-state index contributed by atoms with van der Waals surface area (Å²) in [6.45, 7) is 4.58. The van der Waals surface area contributed by atoms with Crippen molar-refractivity contribution in [3.05, 3.63) is 52.5 Å². The Morgan fingerprint density at radius 3 is 2.32 bits per heavy atom. The Morgan fingerprint density at radius 2 is 1.61 bits per heavy atom. The van der Waals surface area contributed by atoms with Gasteiger partial charge in [0, 0.05) is 43.5 Å². The topological polar surface area (TPSA) is 64.9 Å². The summed E-state index contributed by atoms with van der Waals surface area (Å²) in [6.07, 6.45) is 1.84. The van der Waals surface area contributed by atoms with Crippen LogP contribution in [0.3, 0.4) is 0 Å². The molecule has 4 rings (SSSR count). The Balaban J connectivity index is 0.000000401. The van der Waals surface area contributed by atoms with Crippen LogP contribution in [-0.2, 0) is 14.2 Å². The highest BCUT2D eigenvalue weighted by Gasteiger charge is 2.30. The van der Waals surface area contributed by atoms with Gasteiger partial charge in [0.25, 0.3) is 0 Å². The Bertz CT molecular complexity index is 944. The number of aliphatic imine (C=N–C) groups is 2. The maximum absolute atomic E-state index is 6.15. The first-order valence-electron chi connectivity index (χ1n) is 10.0. The number of ether oxygens (including phenoxy) is 4. The molecule has 0 amide bonds. The second kappa shape index (κ2) is 11.2. The molecule has 1 atom stereocenters. The fourth-order valence-electron chi connectivity index (χ4n) is 3.26. The summed E-state index contributed by atoms with van der Waals surface area (Å²) in [7, 11) is 4.96. The van der Waals surface area contributed by atoms with Crippen molar-refractivity contribution in [2.24, 2.45) is 9.98 Å². The molecule has 7 nitrogen and oxygen atoms in total. The second-order valence-corrected chi connectivity index (χ2v) is 7.41. The first-order valence-corrected chi connectivity index (χ1v) is 10.4. The van der Waals surface area contributed by atoms with E-state index in [1.54, 1.807) is 21.3 Å². The van der Waals surface area contributed by atoms with Gasteiger partial charge in [-0.2, -0.15) is 0 Å². The van der Waals surface area contributed by atoms with Gasteiger partial charge in [0.15, 0.2) is 0 Å². The van der Waals surface area contributed by atoms with Crippen LogP contribution in [-0.4, -0.2) is 64.8 Å². The summed E-state index contributed by atoms with van der Waals surface area (Å²) in [6, 6.07) is 11.9. The van der Waals surface area contributed by atoms with E-state index in [9.17, 15) is 0 Å². The molecule has 0 bridgehead atoms. The van der Waals surface area contributed by atoms with Crippen LogP contribution in [0.25, 0.3) is 0 Å². The molecule has 31 heavy (non-hydrogen) atoms. The van der Waals surface area contributed by atoms with Crippen LogP contribution in [0.15, 0.2) is 46.4 Å². The van der Waals surface area contributed by atoms with E-state index in [0.29, 0.717) is 31.5 Å². The summed E-state index contributed by atoms with van der Waals surface area (Å²) >= 11 is 6.15. The maximum atomic E-state index is 6.15. The van der Waals surface area contributed by atoms with Crippen molar-refractivity contribution in [3.63, 3.8) is 0 Å². The highest BCUT2D eigenvalue weighted by Crippen LogP contribution is 2.40. The van der Waals surface area contributed by atoms with Crippen LogP contribution in [0, 0.1) is 0 Å². The molecule has 0 aromatic heterocycles. The predicted octanol–water partition coefficient (Wildman–Crippen LogP) is 4.77. The average Bonchev–Trinajstić information content (AvgIpc) is 2.78. The molecule has 0 saturated carbocycles. The van der Waals surface area contributed by atoms with Crippen LogP contribution in [0.1, 0.15) is 24.1 Å². The van der Waals surface area contributed by atoms with Gasteiger partial charge in [-0.15, -0.1) is 0 Å². The molecule has 8 heteroatoms. The highest BCUT2D eigenvalue weighted by atomic mass is 35.5. The van der Waals surface area contributed by atoms with Gasteiger partial charge in [-0.05, 0) is 31.2 Å². The fourth-order valence-corrected chi connectivity index (χ4v) is 3.42. The van der Waals surface area contributed by atoms with Gasteiger partial charge < -0.3 is 23.8 Å². The number of amidine groups is 1. The van der Waals surface area contributed by atoms with Crippen LogP contribution >= 0.6 is 11.6 Å². The number of fused-ring (bicyclic) bond motifs is 4. The van der Waals surface area contributed by atoms with E-state index in [1.807, 2.05) is 42.7 Å². The Kier molecular flexibility index (Phi) is 8.43. The number of hydrogen-bond acceptors (Lipinski definition) is 7. The predicted molar refractivity (Wildman–Crippen MR) is 124 cm³/mol. The van der Waals surface area contributed by atoms with Gasteiger partial charge >= 0.3 is 0 Å². The maximum Gasteiger partial charge on any atom is 0.144 e. The quantitative estimate of drug-likeness (QED) is 0.574. The van der Waals surface area contributed by atoms with Gasteiger partial charge in [0.2, 0.25) is 0 Å². The molecular weight excluding hydrogens is 418 g/mol. The molecule has 0 N–H and O–H groups in total. The number of benzene rings is 2. The summed E-state index contributed by atoms with van der Waals surface area (Å²) in [5.74, 6) is 1.66. The molecule has 2 aliphatic rings. The Hall–Kier alpha value is -2.45. The third-order valence-electron chi connectivity index (χ3n) is 4.91. The number of rotatable bonds is 7. The molecule has 0 saturated heterocycles. The van der Waals surface area contributed by atoms with Crippen molar-refractivity contribution in [1.29, 1.82) is 0 Å². The van der Waals surface area contributed by atoms with Crippen LogP contribution < -0.4 is 4.74 Å². The number of methoxy groups -OCH3 is 3. The third-order valence-corrected chi connectivity index (χ3v) is 5.14. The largest absolute Gasteiger partial charge is 0.491 e. The van der Waals surface area contributed by atoms with Crippen LogP contribution in [0.4, 0.5) is 11.4 Å². The second-order valence-electron chi connectivity index (χ2n) is 6.97.